The van der Waals surface area contributed by atoms with Crippen LogP contribution in [-0.4, -0.2) is 50.2 Å². The van der Waals surface area contributed by atoms with Gasteiger partial charge in [0, 0.05) is 0 Å². The number of allylic oxidation sites excluding steroid dienone is 2. The molecule has 8 heteroatoms. The normalized spacial score (nSPS) is 13.8. The molecule has 1 aromatic carbocycles. The second-order valence-electron chi connectivity index (χ2n) is 4.24. The first-order valence-electron chi connectivity index (χ1n) is 6.05. The van der Waals surface area contributed by atoms with E-state index >= 15 is 0 Å². The van der Waals surface area contributed by atoms with Crippen LogP contribution in [0.4, 0.5) is 0 Å². The second kappa shape index (κ2) is 5.47. The molecule has 8 nitrogen and oxygen atoms in total. The molecule has 0 saturated heterocycles. The van der Waals surface area contributed by atoms with Crippen LogP contribution >= 0.6 is 0 Å². The van der Waals surface area contributed by atoms with Gasteiger partial charge in [0.05, 0.1) is 39.6 Å². The molecule has 0 bridgehead atoms. The minimum atomic E-state index is -0.817. The summed E-state index contributed by atoms with van der Waals surface area (Å²) in [6.45, 7) is 0. The first kappa shape index (κ1) is 15.5. The summed E-state index contributed by atoms with van der Waals surface area (Å²) in [6, 6.07) is 0. The van der Waals surface area contributed by atoms with E-state index in [0.717, 1.165) is 0 Å². The van der Waals surface area contributed by atoms with Gasteiger partial charge in [-0.3, -0.25) is 9.59 Å². The maximum absolute atomic E-state index is 12.4. The fourth-order valence-corrected chi connectivity index (χ4v) is 2.30. The lowest BCUT2D eigenvalue weighted by molar-refractivity contribution is 0.0822. The minimum Gasteiger partial charge on any atom is -0.504 e. The fourth-order valence-electron chi connectivity index (χ4n) is 2.30. The Labute approximate surface area is 125 Å². The lowest BCUT2D eigenvalue weighted by atomic mass is 9.89. The van der Waals surface area contributed by atoms with Crippen LogP contribution in [-0.2, 0) is 9.47 Å². The molecular formula is C14H14O8. The van der Waals surface area contributed by atoms with Crippen LogP contribution in [0.15, 0.2) is 11.5 Å². The monoisotopic (exact) mass is 310 g/mol. The Kier molecular flexibility index (Phi) is 3.85. The van der Waals surface area contributed by atoms with Crippen molar-refractivity contribution in [1.29, 1.82) is 0 Å². The lowest BCUT2D eigenvalue weighted by Gasteiger charge is -2.23. The van der Waals surface area contributed by atoms with Crippen LogP contribution in [0, 0.1) is 0 Å². The van der Waals surface area contributed by atoms with Crippen LogP contribution < -0.4 is 9.47 Å². The summed E-state index contributed by atoms with van der Waals surface area (Å²) < 4.78 is 19.6. The number of benzene rings is 1. The molecule has 2 rings (SSSR count). The summed E-state index contributed by atoms with van der Waals surface area (Å²) in [7, 11) is 4.79. The molecule has 118 valence electrons. The van der Waals surface area contributed by atoms with Gasteiger partial charge in [0.25, 0.3) is 0 Å². The number of methoxy groups -OCH3 is 4. The summed E-state index contributed by atoms with van der Waals surface area (Å²) >= 11 is 0. The first-order valence-corrected chi connectivity index (χ1v) is 6.05. The summed E-state index contributed by atoms with van der Waals surface area (Å²) in [5, 5.41) is 20.4. The van der Waals surface area contributed by atoms with Crippen LogP contribution in [0.2, 0.25) is 0 Å². The van der Waals surface area contributed by atoms with E-state index in [2.05, 4.69) is 0 Å². The van der Waals surface area contributed by atoms with E-state index < -0.39 is 34.2 Å². The van der Waals surface area contributed by atoms with Gasteiger partial charge in [0.1, 0.15) is 0 Å². The highest BCUT2D eigenvalue weighted by molar-refractivity contribution is 6.28. The molecule has 0 aromatic heterocycles. The Morgan fingerprint density at radius 2 is 0.955 bits per heavy atom. The van der Waals surface area contributed by atoms with Gasteiger partial charge in [-0.1, -0.05) is 0 Å². The largest absolute Gasteiger partial charge is 0.504 e. The fraction of sp³-hybridized carbons (Fsp3) is 0.286. The van der Waals surface area contributed by atoms with Gasteiger partial charge in [0.2, 0.25) is 34.6 Å². The molecule has 22 heavy (non-hydrogen) atoms. The average molecular weight is 310 g/mol. The van der Waals surface area contributed by atoms with Crippen molar-refractivity contribution in [1.82, 2.24) is 0 Å². The van der Waals surface area contributed by atoms with Gasteiger partial charge in [-0.15, -0.1) is 0 Å². The number of carbonyl (C=O) groups excluding carboxylic acids is 2. The SMILES string of the molecule is COC1=C(OC)C(=O)c2c(O)c(OC)c(OC)c(O)c2C1=O. The molecule has 0 fully saturated rings. The van der Waals surface area contributed by atoms with Crippen molar-refractivity contribution >= 4 is 11.6 Å². The van der Waals surface area contributed by atoms with Crippen molar-refractivity contribution in [2.75, 3.05) is 28.4 Å². The number of phenolic OH excluding ortho intramolecular Hbond substituents is 2. The Balaban J connectivity index is 2.91. The number of hydrogen-bond acceptors (Lipinski definition) is 8. The van der Waals surface area contributed by atoms with Gasteiger partial charge in [-0.05, 0) is 0 Å². The highest BCUT2D eigenvalue weighted by Crippen LogP contribution is 2.51. The zero-order valence-electron chi connectivity index (χ0n) is 12.3. The number of fused-ring (bicyclic) bond motifs is 1. The third-order valence-electron chi connectivity index (χ3n) is 3.25. The van der Waals surface area contributed by atoms with E-state index in [1.54, 1.807) is 0 Å². The third-order valence-corrected chi connectivity index (χ3v) is 3.25. The number of aromatic hydroxyl groups is 2. The van der Waals surface area contributed by atoms with Crippen molar-refractivity contribution < 1.29 is 38.7 Å². The summed E-state index contributed by atoms with van der Waals surface area (Å²) in [4.78, 5) is 24.8. The number of phenols is 2. The third kappa shape index (κ3) is 1.84. The molecule has 0 unspecified atom stereocenters. The predicted molar refractivity (Wildman–Crippen MR) is 72.6 cm³/mol. The van der Waals surface area contributed by atoms with E-state index in [9.17, 15) is 19.8 Å². The molecule has 0 heterocycles. The van der Waals surface area contributed by atoms with Gasteiger partial charge >= 0.3 is 0 Å². The van der Waals surface area contributed by atoms with Gasteiger partial charge in [0.15, 0.2) is 11.5 Å². The number of ketones is 2. The molecule has 0 saturated carbocycles. The number of rotatable bonds is 4. The topological polar surface area (TPSA) is 112 Å². The minimum absolute atomic E-state index is 0.267. The van der Waals surface area contributed by atoms with Crippen LogP contribution in [0.5, 0.6) is 23.0 Å². The van der Waals surface area contributed by atoms with E-state index in [4.69, 9.17) is 18.9 Å². The Morgan fingerprint density at radius 1 is 0.636 bits per heavy atom. The summed E-state index contributed by atoms with van der Waals surface area (Å²) in [6.07, 6.45) is 0. The number of hydrogen-bond donors (Lipinski definition) is 2. The lowest BCUT2D eigenvalue weighted by Crippen LogP contribution is -2.24. The molecule has 0 aliphatic heterocycles. The van der Waals surface area contributed by atoms with E-state index in [-0.39, 0.29) is 23.0 Å². The molecule has 0 atom stereocenters. The van der Waals surface area contributed by atoms with E-state index in [1.807, 2.05) is 0 Å². The average Bonchev–Trinajstić information content (AvgIpc) is 2.51. The molecular weight excluding hydrogens is 296 g/mol. The predicted octanol–water partition coefficient (Wildman–Crippen LogP) is 0.998. The van der Waals surface area contributed by atoms with Crippen LogP contribution in [0.1, 0.15) is 20.7 Å². The second-order valence-corrected chi connectivity index (χ2v) is 4.24. The maximum Gasteiger partial charge on any atom is 0.236 e. The molecule has 0 spiro atoms. The zero-order valence-corrected chi connectivity index (χ0v) is 12.3. The van der Waals surface area contributed by atoms with Crippen LogP contribution in [0.25, 0.3) is 0 Å². The number of Topliss-reactive ketones (excluding diaryl/α,β-unsaturated/α-hetero) is 2. The molecule has 1 aliphatic carbocycles. The van der Waals surface area contributed by atoms with Crippen molar-refractivity contribution in [2.45, 2.75) is 0 Å². The maximum atomic E-state index is 12.4. The highest BCUT2D eigenvalue weighted by Gasteiger charge is 2.42. The van der Waals surface area contributed by atoms with Crippen molar-refractivity contribution in [3.8, 4) is 23.0 Å². The number of carbonyl (C=O) groups is 2. The van der Waals surface area contributed by atoms with Crippen LogP contribution in [0.3, 0.4) is 0 Å². The van der Waals surface area contributed by atoms with E-state index in [0.29, 0.717) is 0 Å². The van der Waals surface area contributed by atoms with Gasteiger partial charge in [-0.2, -0.15) is 0 Å². The molecule has 0 amide bonds. The van der Waals surface area contributed by atoms with Gasteiger partial charge in [-0.25, -0.2) is 0 Å². The molecule has 0 radical (unpaired) electrons. The van der Waals surface area contributed by atoms with Crippen molar-refractivity contribution in [2.24, 2.45) is 0 Å². The number of ether oxygens (including phenoxy) is 4. The smallest absolute Gasteiger partial charge is 0.236 e. The molecule has 1 aromatic rings. The zero-order chi connectivity index (χ0) is 16.6. The summed E-state index contributed by atoms with van der Waals surface area (Å²) in [5.41, 5.74) is -0.865. The van der Waals surface area contributed by atoms with Gasteiger partial charge < -0.3 is 29.2 Å². The Bertz CT molecular complexity index is 643. The Hall–Kier alpha value is -2.90. The molecule has 1 aliphatic rings. The molecule has 2 N–H and O–H groups in total. The summed E-state index contributed by atoms with van der Waals surface area (Å²) in [5.74, 6) is -4.17. The standard InChI is InChI=1S/C14H14O8/c1-19-11-7(15)5-6(8(16)12(11)20-2)10(18)14(22-4)13(21-3)9(5)17/h15-16H,1-4H3. The highest BCUT2D eigenvalue weighted by atomic mass is 16.5. The first-order chi connectivity index (χ1) is 10.4. The van der Waals surface area contributed by atoms with E-state index in [1.165, 1.54) is 28.4 Å². The van der Waals surface area contributed by atoms with Crippen molar-refractivity contribution in [3.63, 3.8) is 0 Å². The van der Waals surface area contributed by atoms with Crippen molar-refractivity contribution in [3.05, 3.63) is 22.6 Å². The quantitative estimate of drug-likeness (QED) is 0.792. The Morgan fingerprint density at radius 3 is 1.18 bits per heavy atom.